The number of anilines is 1. The zero-order valence-corrected chi connectivity index (χ0v) is 19.2. The first-order valence-corrected chi connectivity index (χ1v) is 12.6. The second-order valence-corrected chi connectivity index (χ2v) is 10.4. The lowest BCUT2D eigenvalue weighted by Gasteiger charge is -2.35. The number of nitrogens with one attached hydrogen (secondary N) is 1. The quantitative estimate of drug-likeness (QED) is 0.647. The van der Waals surface area contributed by atoms with Crippen LogP contribution in [0.4, 0.5) is 5.69 Å². The van der Waals surface area contributed by atoms with Gasteiger partial charge in [-0.2, -0.15) is 9.40 Å². The Labute approximate surface area is 188 Å². The molecule has 0 unspecified atom stereocenters. The van der Waals surface area contributed by atoms with Gasteiger partial charge in [-0.25, -0.2) is 8.42 Å². The Hall–Kier alpha value is -2.10. The van der Waals surface area contributed by atoms with E-state index in [-0.39, 0.29) is 16.5 Å². The number of benzene rings is 1. The summed E-state index contributed by atoms with van der Waals surface area (Å²) in [6.07, 6.45) is 4.57. The van der Waals surface area contributed by atoms with Crippen LogP contribution >= 0.6 is 11.6 Å². The summed E-state index contributed by atoms with van der Waals surface area (Å²) in [5.74, 6) is 0.139. The van der Waals surface area contributed by atoms with Gasteiger partial charge in [0.2, 0.25) is 5.03 Å². The minimum absolute atomic E-state index is 0.131. The van der Waals surface area contributed by atoms with E-state index in [0.29, 0.717) is 50.2 Å². The molecule has 0 atom stereocenters. The van der Waals surface area contributed by atoms with Crippen molar-refractivity contribution in [2.24, 2.45) is 5.92 Å². The number of nitrogens with zero attached hydrogens (tertiary/aromatic N) is 4. The third-order valence-corrected chi connectivity index (χ3v) is 7.74. The Kier molecular flexibility index (Phi) is 6.55. The summed E-state index contributed by atoms with van der Waals surface area (Å²) >= 11 is 6.09. The van der Waals surface area contributed by atoms with Crippen molar-refractivity contribution < 1.29 is 13.2 Å². The lowest BCUT2D eigenvalue weighted by atomic mass is 10.2. The molecule has 1 saturated carbocycles. The van der Waals surface area contributed by atoms with Crippen molar-refractivity contribution in [1.82, 2.24) is 19.4 Å². The molecular weight excluding hydrogens is 438 g/mol. The first kappa shape index (κ1) is 22.1. The van der Waals surface area contributed by atoms with Crippen molar-refractivity contribution in [3.05, 3.63) is 41.0 Å². The number of hydrogen-bond donors (Lipinski definition) is 1. The second kappa shape index (κ2) is 9.18. The molecule has 2 heterocycles. The number of sulfonamides is 1. The van der Waals surface area contributed by atoms with Gasteiger partial charge in [0.15, 0.2) is 0 Å². The van der Waals surface area contributed by atoms with Gasteiger partial charge in [0.05, 0.1) is 5.56 Å². The van der Waals surface area contributed by atoms with E-state index in [1.165, 1.54) is 4.31 Å². The number of halogens is 1. The van der Waals surface area contributed by atoms with Crippen LogP contribution in [0.3, 0.4) is 0 Å². The van der Waals surface area contributed by atoms with Gasteiger partial charge < -0.3 is 10.2 Å². The van der Waals surface area contributed by atoms with E-state index in [0.717, 1.165) is 24.9 Å². The molecule has 1 saturated heterocycles. The highest BCUT2D eigenvalue weighted by molar-refractivity contribution is 7.89. The molecule has 2 aliphatic rings. The molecular formula is C21H28ClN5O3S. The number of carbonyl (C=O) groups excluding carboxylic acids is 1. The fraction of sp³-hybridized carbons (Fsp3) is 0.524. The zero-order valence-electron chi connectivity index (χ0n) is 17.6. The van der Waals surface area contributed by atoms with E-state index in [1.54, 1.807) is 10.9 Å². The van der Waals surface area contributed by atoms with Crippen LogP contribution in [0.25, 0.3) is 0 Å². The molecule has 10 heteroatoms. The summed E-state index contributed by atoms with van der Waals surface area (Å²) in [5.41, 5.74) is 1.10. The van der Waals surface area contributed by atoms with Crippen molar-refractivity contribution in [1.29, 1.82) is 0 Å². The molecule has 0 radical (unpaired) electrons. The number of aryl methyl sites for hydroxylation is 1. The minimum Gasteiger partial charge on any atom is -0.369 e. The third kappa shape index (κ3) is 5.05. The van der Waals surface area contributed by atoms with E-state index >= 15 is 0 Å². The third-order valence-electron chi connectivity index (χ3n) is 5.67. The van der Waals surface area contributed by atoms with Gasteiger partial charge >= 0.3 is 0 Å². The molecule has 1 aliphatic carbocycles. The molecule has 1 aromatic heterocycles. The molecule has 1 aromatic carbocycles. The van der Waals surface area contributed by atoms with Gasteiger partial charge in [0.1, 0.15) is 0 Å². The van der Waals surface area contributed by atoms with Crippen LogP contribution in [0.2, 0.25) is 5.02 Å². The smallest absolute Gasteiger partial charge is 0.263 e. The van der Waals surface area contributed by atoms with Crippen molar-refractivity contribution >= 4 is 33.2 Å². The molecule has 2 fully saturated rings. The first-order valence-electron chi connectivity index (χ1n) is 10.7. The Morgan fingerprint density at radius 2 is 1.97 bits per heavy atom. The fourth-order valence-corrected chi connectivity index (χ4v) is 5.43. The number of carbonyl (C=O) groups is 1. The number of amides is 1. The largest absolute Gasteiger partial charge is 0.369 e. The first-order chi connectivity index (χ1) is 14.9. The maximum absolute atomic E-state index is 13.4. The molecule has 1 N–H and O–H groups in total. The molecule has 8 nitrogen and oxygen atoms in total. The SMILES string of the molecule is CCCn1cc(C(=O)NCC2CC2)c(S(=O)(=O)N2CCN(c3cccc(Cl)c3)CC2)n1. The van der Waals surface area contributed by atoms with Gasteiger partial charge in [-0.3, -0.25) is 9.48 Å². The van der Waals surface area contributed by atoms with E-state index in [9.17, 15) is 13.2 Å². The summed E-state index contributed by atoms with van der Waals surface area (Å²) < 4.78 is 29.8. The zero-order chi connectivity index (χ0) is 22.0. The van der Waals surface area contributed by atoms with Gasteiger partial charge in [-0.05, 0) is 43.4 Å². The molecule has 168 valence electrons. The Morgan fingerprint density at radius 1 is 1.23 bits per heavy atom. The van der Waals surface area contributed by atoms with Crippen LogP contribution < -0.4 is 10.2 Å². The van der Waals surface area contributed by atoms with Gasteiger partial charge in [0, 0.05) is 56.2 Å². The van der Waals surface area contributed by atoms with E-state index in [1.807, 2.05) is 31.2 Å². The van der Waals surface area contributed by atoms with Crippen molar-refractivity contribution in [2.45, 2.75) is 37.8 Å². The van der Waals surface area contributed by atoms with Crippen LogP contribution in [0.15, 0.2) is 35.5 Å². The molecule has 2 aromatic rings. The Bertz CT molecular complexity index is 1040. The van der Waals surface area contributed by atoms with Crippen molar-refractivity contribution in [2.75, 3.05) is 37.6 Å². The molecule has 1 aliphatic heterocycles. The summed E-state index contributed by atoms with van der Waals surface area (Å²) in [4.78, 5) is 14.9. The Balaban J connectivity index is 1.51. The maximum atomic E-state index is 13.4. The van der Waals surface area contributed by atoms with Crippen LogP contribution in [-0.2, 0) is 16.6 Å². The summed E-state index contributed by atoms with van der Waals surface area (Å²) in [5, 5.41) is 7.67. The summed E-state index contributed by atoms with van der Waals surface area (Å²) in [6.45, 7) is 4.84. The van der Waals surface area contributed by atoms with E-state index in [2.05, 4.69) is 15.3 Å². The monoisotopic (exact) mass is 465 g/mol. The lowest BCUT2D eigenvalue weighted by molar-refractivity contribution is 0.0948. The van der Waals surface area contributed by atoms with Crippen molar-refractivity contribution in [3.8, 4) is 0 Å². The van der Waals surface area contributed by atoms with Crippen molar-refractivity contribution in [3.63, 3.8) is 0 Å². The molecule has 4 rings (SSSR count). The maximum Gasteiger partial charge on any atom is 0.263 e. The van der Waals surface area contributed by atoms with Crippen LogP contribution in [0.5, 0.6) is 0 Å². The highest BCUT2D eigenvalue weighted by Crippen LogP contribution is 2.28. The summed E-state index contributed by atoms with van der Waals surface area (Å²) in [7, 11) is -3.88. The van der Waals surface area contributed by atoms with Gasteiger partial charge in [0.25, 0.3) is 15.9 Å². The normalized spacial score (nSPS) is 17.7. The molecule has 0 spiro atoms. The Morgan fingerprint density at radius 3 is 2.61 bits per heavy atom. The predicted molar refractivity (Wildman–Crippen MR) is 120 cm³/mol. The standard InChI is InChI=1S/C21H28ClN5O3S/c1-2-8-26-15-19(20(28)23-14-16-6-7-16)21(24-26)31(29,30)27-11-9-25(10-12-27)18-5-3-4-17(22)13-18/h3-5,13,15-16H,2,6-12,14H2,1H3,(H,23,28). The van der Waals surface area contributed by atoms with Crippen LogP contribution in [-0.4, -0.2) is 61.1 Å². The van der Waals surface area contributed by atoms with Gasteiger partial charge in [-0.15, -0.1) is 0 Å². The average molecular weight is 466 g/mol. The number of piperazine rings is 1. The van der Waals surface area contributed by atoms with Crippen LogP contribution in [0, 0.1) is 5.92 Å². The molecule has 1 amide bonds. The number of rotatable bonds is 8. The van der Waals surface area contributed by atoms with Crippen LogP contribution in [0.1, 0.15) is 36.5 Å². The summed E-state index contributed by atoms with van der Waals surface area (Å²) in [6, 6.07) is 7.53. The average Bonchev–Trinajstić information content (AvgIpc) is 3.49. The highest BCUT2D eigenvalue weighted by Gasteiger charge is 2.35. The van der Waals surface area contributed by atoms with Gasteiger partial charge in [-0.1, -0.05) is 24.6 Å². The number of aromatic nitrogens is 2. The predicted octanol–water partition coefficient (Wildman–Crippen LogP) is 2.60. The minimum atomic E-state index is -3.88. The van der Waals surface area contributed by atoms with E-state index < -0.39 is 10.0 Å². The molecule has 0 bridgehead atoms. The van der Waals surface area contributed by atoms with E-state index in [4.69, 9.17) is 11.6 Å². The lowest BCUT2D eigenvalue weighted by Crippen LogP contribution is -2.49. The topological polar surface area (TPSA) is 87.5 Å². The second-order valence-electron chi connectivity index (χ2n) is 8.14. The highest BCUT2D eigenvalue weighted by atomic mass is 35.5. The molecule has 31 heavy (non-hydrogen) atoms. The number of hydrogen-bond acceptors (Lipinski definition) is 5. The fourth-order valence-electron chi connectivity index (χ4n) is 3.73.